The molecule has 0 unspecified atom stereocenters. The number of fused-ring (bicyclic) bond motifs is 12. The van der Waals surface area contributed by atoms with Gasteiger partial charge >= 0.3 is 0 Å². The van der Waals surface area contributed by atoms with Gasteiger partial charge in [-0.05, 0) is 224 Å². The fraction of sp³-hybridized carbons (Fsp3) is 0.0149. The third-order valence-corrected chi connectivity index (χ3v) is 29.3. The van der Waals surface area contributed by atoms with Crippen LogP contribution in [-0.2, 0) is 0 Å². The lowest BCUT2D eigenvalue weighted by Gasteiger charge is -2.18. The van der Waals surface area contributed by atoms with Crippen molar-refractivity contribution in [3.8, 4) is 111 Å². The molecule has 4 heteroatoms. The van der Waals surface area contributed by atoms with Crippen LogP contribution in [0.5, 0.6) is 0 Å². The van der Waals surface area contributed by atoms with Crippen molar-refractivity contribution < 1.29 is 17.7 Å². The Morgan fingerprint density at radius 2 is 0.341 bits per heavy atom. The van der Waals surface area contributed by atoms with Crippen molar-refractivity contribution in [1.82, 2.24) is 0 Å². The molecule has 4 nitrogen and oxygen atoms in total. The molecule has 0 N–H and O–H groups in total. The van der Waals surface area contributed by atoms with Crippen molar-refractivity contribution in [2.24, 2.45) is 0 Å². The van der Waals surface area contributed by atoms with E-state index in [0.29, 0.717) is 0 Å². The van der Waals surface area contributed by atoms with Gasteiger partial charge in [-0.15, -0.1) is 0 Å². The molecule has 0 spiro atoms. The highest BCUT2D eigenvalue weighted by atomic mass is 16.3. The minimum Gasteiger partial charge on any atom is -0.455 e. The van der Waals surface area contributed by atoms with Crippen LogP contribution in [0.2, 0.25) is 0 Å². The molecule has 30 aromatic rings. The maximum Gasteiger partial charge on any atom is 0.143 e. The molecule has 138 heavy (non-hydrogen) atoms. The number of aryl methyl sites for hydroxylation is 2. The maximum absolute atomic E-state index is 6.48. The Balaban J connectivity index is 0.000000102. The Bertz CT molecular complexity index is 10100. The summed E-state index contributed by atoms with van der Waals surface area (Å²) in [5.74, 6) is 0. The third-order valence-electron chi connectivity index (χ3n) is 29.3. The van der Waals surface area contributed by atoms with Gasteiger partial charge in [-0.2, -0.15) is 0 Å². The summed E-state index contributed by atoms with van der Waals surface area (Å²) in [6.07, 6.45) is 0. The van der Waals surface area contributed by atoms with E-state index in [9.17, 15) is 0 Å². The average Bonchev–Trinajstić information content (AvgIpc) is 1.39. The minimum absolute atomic E-state index is 0.919. The first-order valence-electron chi connectivity index (χ1n) is 47.5. The molecule has 4 heterocycles. The molecule has 0 bridgehead atoms. The van der Waals surface area contributed by atoms with Crippen molar-refractivity contribution in [3.63, 3.8) is 0 Å². The molecule has 0 aliphatic heterocycles. The number of rotatable bonds is 10. The lowest BCUT2D eigenvalue weighted by atomic mass is 9.85. The van der Waals surface area contributed by atoms with Crippen molar-refractivity contribution >= 4 is 185 Å². The zero-order valence-electron chi connectivity index (χ0n) is 75.5. The monoisotopic (exact) mass is 1750 g/mol. The second-order valence-electron chi connectivity index (χ2n) is 37.1. The molecular weight excluding hydrogens is 1670 g/mol. The van der Waals surface area contributed by atoms with E-state index in [-0.39, 0.29) is 0 Å². The molecule has 0 saturated carbocycles. The minimum atomic E-state index is 0.919. The summed E-state index contributed by atoms with van der Waals surface area (Å²) in [5, 5.41) is 32.4. The highest BCUT2D eigenvalue weighted by molar-refractivity contribution is 6.32. The largest absolute Gasteiger partial charge is 0.455 e. The molecule has 0 saturated heterocycles. The predicted molar refractivity (Wildman–Crippen MR) is 583 cm³/mol. The summed E-state index contributed by atoms with van der Waals surface area (Å²) in [7, 11) is 0. The highest BCUT2D eigenvalue weighted by Gasteiger charge is 2.25. The molecule has 0 radical (unpaired) electrons. The van der Waals surface area contributed by atoms with Crippen molar-refractivity contribution in [2.45, 2.75) is 13.8 Å². The van der Waals surface area contributed by atoms with Gasteiger partial charge in [0.2, 0.25) is 0 Å². The number of furan rings is 4. The van der Waals surface area contributed by atoms with Gasteiger partial charge in [0.05, 0.1) is 0 Å². The van der Waals surface area contributed by atoms with Gasteiger partial charge < -0.3 is 17.7 Å². The van der Waals surface area contributed by atoms with E-state index in [1.165, 1.54) is 180 Å². The summed E-state index contributed by atoms with van der Waals surface area (Å²) >= 11 is 0. The van der Waals surface area contributed by atoms with E-state index in [4.69, 9.17) is 17.7 Å². The van der Waals surface area contributed by atoms with Crippen LogP contribution in [-0.4, -0.2) is 0 Å². The number of para-hydroxylation sites is 8. The Morgan fingerprint density at radius 3 is 0.667 bits per heavy atom. The van der Waals surface area contributed by atoms with E-state index in [1.54, 1.807) is 0 Å². The molecule has 642 valence electrons. The van der Waals surface area contributed by atoms with Crippen molar-refractivity contribution in [1.29, 1.82) is 0 Å². The van der Waals surface area contributed by atoms with Gasteiger partial charge in [-0.1, -0.05) is 448 Å². The molecule has 4 aromatic heterocycles. The highest BCUT2D eigenvalue weighted by Crippen LogP contribution is 2.51. The second-order valence-corrected chi connectivity index (χ2v) is 37.1. The van der Waals surface area contributed by atoms with E-state index >= 15 is 0 Å². The van der Waals surface area contributed by atoms with Crippen LogP contribution in [0.4, 0.5) is 0 Å². The topological polar surface area (TPSA) is 52.6 Å². The SMILES string of the molecule is Cc1cc(C)cc(-c2ccc3ccc4c(-c5ccc(-c6cccc7c6oc6ccccc67)cc5)ccc5ccc2c3c54)c1.c1ccc(-c2ccccc2-c2ccc3ccc4c(-c5ccc(-c6cccc7c6oc6ccccc67)cc5)ccc5ccc2c3c54)cc1.c1ccc2c(c1)oc1c(-c3ccc(-c4ccc5ccc6c(-c7cccc8c7oc7ccccc78)ccc7ccc4c5c76)cc3)cccc12. The van der Waals surface area contributed by atoms with Crippen LogP contribution in [0, 0.1) is 13.8 Å². The van der Waals surface area contributed by atoms with Crippen LogP contribution >= 0.6 is 0 Å². The van der Waals surface area contributed by atoms with Crippen LogP contribution < -0.4 is 0 Å². The summed E-state index contributed by atoms with van der Waals surface area (Å²) in [4.78, 5) is 0. The van der Waals surface area contributed by atoms with Crippen molar-refractivity contribution in [3.05, 3.63) is 472 Å². The normalized spacial score (nSPS) is 12.0. The average molecular weight is 1760 g/mol. The molecule has 0 fully saturated rings. The quantitative estimate of drug-likeness (QED) is 0.128. The Morgan fingerprint density at radius 1 is 0.123 bits per heavy atom. The predicted octanol–water partition coefficient (Wildman–Crippen LogP) is 38.6. The van der Waals surface area contributed by atoms with Gasteiger partial charge in [-0.25, -0.2) is 0 Å². The maximum atomic E-state index is 6.48. The summed E-state index contributed by atoms with van der Waals surface area (Å²) in [5.41, 5.74) is 34.1. The number of benzene rings is 26. The zero-order valence-corrected chi connectivity index (χ0v) is 75.5. The first kappa shape index (κ1) is 78.7. The van der Waals surface area contributed by atoms with Crippen molar-refractivity contribution in [2.75, 3.05) is 0 Å². The van der Waals surface area contributed by atoms with Gasteiger partial charge in [0.15, 0.2) is 0 Å². The third kappa shape index (κ3) is 12.5. The van der Waals surface area contributed by atoms with E-state index in [2.05, 4.69) is 432 Å². The summed E-state index contributed by atoms with van der Waals surface area (Å²) in [6.45, 7) is 4.36. The summed E-state index contributed by atoms with van der Waals surface area (Å²) in [6, 6.07) is 167. The Labute approximate surface area is 794 Å². The molecule has 0 aliphatic carbocycles. The van der Waals surface area contributed by atoms with Crippen LogP contribution in [0.3, 0.4) is 0 Å². The first-order valence-corrected chi connectivity index (χ1v) is 47.5. The van der Waals surface area contributed by atoms with Gasteiger partial charge in [0, 0.05) is 65.3 Å². The van der Waals surface area contributed by atoms with Crippen LogP contribution in [0.25, 0.3) is 296 Å². The van der Waals surface area contributed by atoms with Crippen LogP contribution in [0.15, 0.2) is 479 Å². The number of hydrogen-bond donors (Lipinski definition) is 0. The standard InChI is InChI=1S/C46H26O2.C46H28O.C42H28O/c1-3-13-41-34(7-1)39-11-5-9-32(45(39)47-41)28-17-15-27(16-18-28)31-23-19-29-22-26-37-33(24-20-30-21-25-36(31)43(29)44(30)37)38-10-6-12-40-35-8-2-4-14-42(35)48-46(38)40;1-2-9-29(10-3-1)34-11-4-5-12-37(34)38-26-22-33-23-27-40-35(25-21-32-24-28-41(38)45(33)44(32)40)30-17-19-31(20-18-30)36-14-8-15-42-39-13-6-7-16-43(39)47-46(36)42;1-25-22-26(2)24-31(23-25)33-19-15-30-16-20-36-32(18-14-29-17-21-37(33)41(30)40(29)36)27-10-12-28(13-11-27)34-7-5-8-38-35-6-3-4-9-39(35)43-42(34)38/h1-26H;1-28H;3-24H,1-2H3. The molecule has 0 aliphatic rings. The van der Waals surface area contributed by atoms with E-state index in [0.717, 1.165) is 127 Å². The Hall–Kier alpha value is -18.0. The smallest absolute Gasteiger partial charge is 0.143 e. The zero-order chi connectivity index (χ0) is 90.9. The van der Waals surface area contributed by atoms with Gasteiger partial charge in [-0.3, -0.25) is 0 Å². The van der Waals surface area contributed by atoms with E-state index in [1.807, 2.05) is 42.5 Å². The van der Waals surface area contributed by atoms with Crippen LogP contribution in [0.1, 0.15) is 11.1 Å². The summed E-state index contributed by atoms with van der Waals surface area (Å²) < 4.78 is 25.5. The molecule has 26 aromatic carbocycles. The second kappa shape index (κ2) is 31.3. The Kier molecular flexibility index (Phi) is 17.9. The fourth-order valence-electron chi connectivity index (χ4n) is 23.0. The lowest BCUT2D eigenvalue weighted by Crippen LogP contribution is -1.91. The van der Waals surface area contributed by atoms with Gasteiger partial charge in [0.1, 0.15) is 44.7 Å². The van der Waals surface area contributed by atoms with Gasteiger partial charge in [0.25, 0.3) is 0 Å². The fourth-order valence-corrected chi connectivity index (χ4v) is 23.0. The van der Waals surface area contributed by atoms with E-state index < -0.39 is 0 Å². The molecule has 30 rings (SSSR count). The lowest BCUT2D eigenvalue weighted by molar-refractivity contribution is 0.669. The molecular formula is C134H82O4. The molecule has 0 atom stereocenters. The first-order chi connectivity index (χ1) is 68.2. The molecule has 0 amide bonds. The number of hydrogen-bond acceptors (Lipinski definition) is 4.